The van der Waals surface area contributed by atoms with Gasteiger partial charge in [0.2, 0.25) is 23.7 Å². The van der Waals surface area contributed by atoms with Crippen LogP contribution in [0.15, 0.2) is 207 Å². The standard InChI is InChI=1S/C55H35N4O/c1-2-15-35(16-3-1)57-31-32-60-52-34-44-43(33-51(52)57)41-22-13-29-50(59-47-26-10-6-19-38(47)39-20-7-11-27-48(39)59)54(41)53-40(42-23-14-30-56-55(42)44)21-12-28-49(53)58-45-24-8-4-17-36(45)37-18-5-9-25-46(37)58/h1-34,52H/q+1. The highest BCUT2D eigenvalue weighted by atomic mass is 16.5. The van der Waals surface area contributed by atoms with Crippen LogP contribution in [0.4, 0.5) is 5.69 Å². The molecule has 3 aliphatic rings. The van der Waals surface area contributed by atoms with Gasteiger partial charge in [-0.05, 0) is 65.2 Å². The Balaban J connectivity index is 1.24. The van der Waals surface area contributed by atoms with E-state index in [0.717, 1.165) is 89.5 Å². The molecule has 0 spiro atoms. The molecule has 0 fully saturated rings. The molecule has 1 unspecified atom stereocenters. The van der Waals surface area contributed by atoms with Gasteiger partial charge < -0.3 is 13.9 Å². The molecule has 0 radical (unpaired) electrons. The molecule has 2 aliphatic carbocycles. The van der Waals surface area contributed by atoms with E-state index in [-0.39, 0.29) is 6.10 Å². The maximum absolute atomic E-state index is 6.44. The summed E-state index contributed by atoms with van der Waals surface area (Å²) in [5.74, 6) is 0. The zero-order valence-corrected chi connectivity index (χ0v) is 32.4. The number of benzene rings is 7. The van der Waals surface area contributed by atoms with Crippen molar-refractivity contribution in [1.82, 2.24) is 14.1 Å². The molecule has 7 aromatic carbocycles. The van der Waals surface area contributed by atoms with Gasteiger partial charge in [-0.2, -0.15) is 4.58 Å². The molecule has 10 aromatic rings. The first-order chi connectivity index (χ1) is 29.8. The summed E-state index contributed by atoms with van der Waals surface area (Å²) in [7, 11) is 0. The van der Waals surface area contributed by atoms with Gasteiger partial charge in [0.15, 0.2) is 0 Å². The van der Waals surface area contributed by atoms with Crippen LogP contribution in [0.1, 0.15) is 11.3 Å². The van der Waals surface area contributed by atoms with Crippen molar-refractivity contribution in [3.05, 3.63) is 218 Å². The number of ether oxygens (including phenoxy) is 1. The van der Waals surface area contributed by atoms with E-state index in [1.165, 1.54) is 21.5 Å². The molecule has 5 heteroatoms. The van der Waals surface area contributed by atoms with Crippen molar-refractivity contribution in [2.45, 2.75) is 6.10 Å². The fraction of sp³-hybridized carbons (Fsp3) is 0.0182. The number of rotatable bonds is 3. The Morgan fingerprint density at radius 3 is 1.58 bits per heavy atom. The van der Waals surface area contributed by atoms with Gasteiger partial charge in [-0.1, -0.05) is 121 Å². The molecular formula is C55H35N4O+. The van der Waals surface area contributed by atoms with E-state index in [4.69, 9.17) is 9.72 Å². The molecule has 1 atom stereocenters. The molecule has 0 amide bonds. The van der Waals surface area contributed by atoms with Crippen molar-refractivity contribution < 1.29 is 9.31 Å². The van der Waals surface area contributed by atoms with Gasteiger partial charge in [0.25, 0.3) is 0 Å². The highest BCUT2D eigenvalue weighted by molar-refractivity contribution is 6.23. The first-order valence-corrected chi connectivity index (χ1v) is 20.5. The third-order valence-electron chi connectivity index (χ3n) is 12.6. The van der Waals surface area contributed by atoms with Gasteiger partial charge in [-0.25, -0.2) is 0 Å². The average Bonchev–Trinajstić information content (AvgIpc) is 3.83. The van der Waals surface area contributed by atoms with Gasteiger partial charge in [-0.3, -0.25) is 4.98 Å². The lowest BCUT2D eigenvalue weighted by Gasteiger charge is -2.31. The monoisotopic (exact) mass is 767 g/mol. The van der Waals surface area contributed by atoms with Crippen molar-refractivity contribution in [3.63, 3.8) is 0 Å². The second-order valence-electron chi connectivity index (χ2n) is 15.6. The zero-order valence-electron chi connectivity index (χ0n) is 32.4. The fourth-order valence-electron chi connectivity index (χ4n) is 10.1. The molecule has 13 rings (SSSR count). The van der Waals surface area contributed by atoms with E-state index in [9.17, 15) is 0 Å². The van der Waals surface area contributed by atoms with Crippen LogP contribution in [-0.4, -0.2) is 30.5 Å². The molecule has 0 saturated heterocycles. The van der Waals surface area contributed by atoms with Crippen LogP contribution in [0, 0.1) is 0 Å². The van der Waals surface area contributed by atoms with Gasteiger partial charge in [0.1, 0.15) is 6.26 Å². The molecular weight excluding hydrogens is 733 g/mol. The summed E-state index contributed by atoms with van der Waals surface area (Å²) in [6.45, 7) is 0. The van der Waals surface area contributed by atoms with Crippen LogP contribution in [0.25, 0.3) is 88.4 Å². The van der Waals surface area contributed by atoms with Crippen LogP contribution < -0.4 is 0 Å². The normalized spacial score (nSPS) is 15.4. The van der Waals surface area contributed by atoms with Crippen LogP contribution in [-0.2, 0) is 4.74 Å². The molecule has 0 saturated carbocycles. The lowest BCUT2D eigenvalue weighted by molar-refractivity contribution is -0.370. The summed E-state index contributed by atoms with van der Waals surface area (Å²) >= 11 is 0. The number of fused-ring (bicyclic) bond motifs is 15. The van der Waals surface area contributed by atoms with Crippen LogP contribution in [0.3, 0.4) is 0 Å². The molecule has 3 aromatic heterocycles. The van der Waals surface area contributed by atoms with E-state index in [1.54, 1.807) is 6.26 Å². The summed E-state index contributed by atoms with van der Waals surface area (Å²) in [6.07, 6.45) is 10.1. The average molecular weight is 768 g/mol. The van der Waals surface area contributed by atoms with Crippen molar-refractivity contribution in [2.75, 3.05) is 0 Å². The van der Waals surface area contributed by atoms with E-state index in [0.29, 0.717) is 0 Å². The highest BCUT2D eigenvalue weighted by Crippen LogP contribution is 2.52. The first-order valence-electron chi connectivity index (χ1n) is 20.5. The topological polar surface area (TPSA) is 35.0 Å². The van der Waals surface area contributed by atoms with Crippen molar-refractivity contribution in [2.24, 2.45) is 0 Å². The van der Waals surface area contributed by atoms with Crippen LogP contribution >= 0.6 is 0 Å². The number of pyridine rings is 1. The SMILES string of the molecule is C1=C[N+](c2ccccc2)=C2C=C3C(=CC2O1)c1ncccc1-c1cccc(-n2c4ccccc4c4ccccc42)c1-c1c3cccc1-n1c2ccccc2c2ccccc21. The Labute approximate surface area is 346 Å². The predicted molar refractivity (Wildman–Crippen MR) is 245 cm³/mol. The minimum atomic E-state index is -0.310. The summed E-state index contributed by atoms with van der Waals surface area (Å²) < 4.78 is 13.6. The fourth-order valence-corrected chi connectivity index (χ4v) is 10.1. The minimum Gasteiger partial charge on any atom is -0.477 e. The first kappa shape index (κ1) is 33.0. The van der Waals surface area contributed by atoms with E-state index >= 15 is 0 Å². The molecule has 280 valence electrons. The summed E-state index contributed by atoms with van der Waals surface area (Å²) in [5, 5.41) is 4.90. The van der Waals surface area contributed by atoms with Crippen LogP contribution in [0.5, 0.6) is 0 Å². The van der Waals surface area contributed by atoms with Gasteiger partial charge in [0, 0.05) is 68.2 Å². The quantitative estimate of drug-likeness (QED) is 0.168. The van der Waals surface area contributed by atoms with Crippen LogP contribution in [0.2, 0.25) is 0 Å². The predicted octanol–water partition coefficient (Wildman–Crippen LogP) is 13.1. The maximum Gasteiger partial charge on any atom is 0.233 e. The second kappa shape index (κ2) is 12.7. The van der Waals surface area contributed by atoms with Crippen molar-refractivity contribution >= 4 is 66.2 Å². The second-order valence-corrected chi connectivity index (χ2v) is 15.6. The van der Waals surface area contributed by atoms with E-state index < -0.39 is 0 Å². The number of nitrogens with zero attached hydrogens (tertiary/aromatic N) is 4. The summed E-state index contributed by atoms with van der Waals surface area (Å²) in [4.78, 5) is 5.22. The number of allylic oxidation sites excluding steroid dienone is 2. The number of para-hydroxylation sites is 5. The highest BCUT2D eigenvalue weighted by Gasteiger charge is 2.37. The number of aromatic nitrogens is 3. The molecule has 4 heterocycles. The molecule has 0 bridgehead atoms. The molecule has 0 N–H and O–H groups in total. The van der Waals surface area contributed by atoms with Gasteiger partial charge >= 0.3 is 0 Å². The van der Waals surface area contributed by atoms with Gasteiger partial charge in [0.05, 0.1) is 39.1 Å². The molecule has 5 nitrogen and oxygen atoms in total. The maximum atomic E-state index is 6.44. The lowest BCUT2D eigenvalue weighted by Crippen LogP contribution is -2.31. The minimum absolute atomic E-state index is 0.310. The molecule has 60 heavy (non-hydrogen) atoms. The van der Waals surface area contributed by atoms with Crippen molar-refractivity contribution in [1.29, 1.82) is 0 Å². The Kier molecular flexibility index (Phi) is 7.01. The zero-order chi connectivity index (χ0) is 39.3. The smallest absolute Gasteiger partial charge is 0.233 e. The Morgan fingerprint density at radius 1 is 0.467 bits per heavy atom. The lowest BCUT2D eigenvalue weighted by atomic mass is 9.77. The van der Waals surface area contributed by atoms with E-state index in [2.05, 4.69) is 202 Å². The Hall–Kier alpha value is -8.02. The van der Waals surface area contributed by atoms with E-state index in [1.807, 2.05) is 12.4 Å². The summed E-state index contributed by atoms with van der Waals surface area (Å²) in [5.41, 5.74) is 17.7. The third kappa shape index (κ3) is 4.63. The van der Waals surface area contributed by atoms with Crippen molar-refractivity contribution in [3.8, 4) is 33.6 Å². The largest absolute Gasteiger partial charge is 0.477 e. The number of hydrogen-bond donors (Lipinski definition) is 0. The summed E-state index contributed by atoms with van der Waals surface area (Å²) in [6, 6.07) is 63.6. The van der Waals surface area contributed by atoms with Gasteiger partial charge in [-0.15, -0.1) is 0 Å². The Bertz CT molecular complexity index is 3470. The Morgan fingerprint density at radius 2 is 0.983 bits per heavy atom. The third-order valence-corrected chi connectivity index (χ3v) is 12.6. The number of hydrogen-bond acceptors (Lipinski definition) is 2. The molecule has 1 aliphatic heterocycles.